The summed E-state index contributed by atoms with van der Waals surface area (Å²) in [7, 11) is 0. The number of hydrogen-bond acceptors (Lipinski definition) is 7. The van der Waals surface area contributed by atoms with Gasteiger partial charge in [0, 0.05) is 30.1 Å². The van der Waals surface area contributed by atoms with Crippen molar-refractivity contribution < 1.29 is 4.79 Å². The number of rotatable bonds is 7. The van der Waals surface area contributed by atoms with Crippen LogP contribution in [0.5, 0.6) is 0 Å². The summed E-state index contributed by atoms with van der Waals surface area (Å²) in [6.07, 6.45) is 6.35. The Labute approximate surface area is 186 Å². The molecule has 10 nitrogen and oxygen atoms in total. The summed E-state index contributed by atoms with van der Waals surface area (Å²) < 4.78 is 0. The van der Waals surface area contributed by atoms with Crippen molar-refractivity contribution in [3.63, 3.8) is 0 Å². The minimum absolute atomic E-state index is 0.00964. The number of nitrogens with zero attached hydrogens (tertiary/aromatic N) is 5. The summed E-state index contributed by atoms with van der Waals surface area (Å²) in [5.41, 5.74) is 4.18. The third-order valence-electron chi connectivity index (χ3n) is 6.21. The highest BCUT2D eigenvalue weighted by Gasteiger charge is 2.34. The van der Waals surface area contributed by atoms with Crippen LogP contribution in [0.3, 0.4) is 0 Å². The Balaban J connectivity index is 1.37. The van der Waals surface area contributed by atoms with Gasteiger partial charge in [0.1, 0.15) is 11.9 Å². The Kier molecular flexibility index (Phi) is 5.50. The number of carbonyl (C=O) groups excluding carboxylic acids is 1. The molecule has 1 saturated heterocycles. The fourth-order valence-corrected chi connectivity index (χ4v) is 4.43. The second kappa shape index (κ2) is 8.60. The molecular weight excluding hydrogens is 406 g/mol. The van der Waals surface area contributed by atoms with Gasteiger partial charge in [-0.3, -0.25) is 15.0 Å². The molecule has 2 aliphatic rings. The number of fused-ring (bicyclic) bond motifs is 1. The summed E-state index contributed by atoms with van der Waals surface area (Å²) in [5.74, 6) is 2.53. The van der Waals surface area contributed by atoms with Gasteiger partial charge in [-0.2, -0.15) is 15.2 Å². The van der Waals surface area contributed by atoms with Crippen molar-refractivity contribution in [2.45, 2.75) is 64.5 Å². The standard InChI is InChI=1S/C22H29N9O/c1-13(2)17-11-19(30-29-17)26-20-15-5-3-6-16(15)25-22(27-20)31-10-4-7-18(31)21(32)23-12-14-8-9-24-28-14/h8-9,11,13,18H,3-7,10,12H2,1-2H3,(H,23,32)(H,24,28)(H2,25,26,27,29,30)/t18-/m0/s1. The Morgan fingerprint density at radius 2 is 2.16 bits per heavy atom. The Morgan fingerprint density at radius 1 is 1.25 bits per heavy atom. The van der Waals surface area contributed by atoms with E-state index in [1.165, 1.54) is 0 Å². The first-order valence-electron chi connectivity index (χ1n) is 11.3. The lowest BCUT2D eigenvalue weighted by Crippen LogP contribution is -2.44. The number of anilines is 3. The maximum absolute atomic E-state index is 12.9. The van der Waals surface area contributed by atoms with Gasteiger partial charge in [-0.05, 0) is 44.1 Å². The van der Waals surface area contributed by atoms with E-state index in [0.29, 0.717) is 18.4 Å². The number of hydrogen-bond donors (Lipinski definition) is 4. The average molecular weight is 436 g/mol. The zero-order valence-corrected chi connectivity index (χ0v) is 18.5. The molecule has 4 heterocycles. The summed E-state index contributed by atoms with van der Waals surface area (Å²) in [5, 5.41) is 20.7. The first-order chi connectivity index (χ1) is 15.6. The molecule has 3 aromatic heterocycles. The zero-order chi connectivity index (χ0) is 22.1. The van der Waals surface area contributed by atoms with Crippen LogP contribution in [0.2, 0.25) is 0 Å². The molecule has 32 heavy (non-hydrogen) atoms. The fraction of sp³-hybridized carbons (Fsp3) is 0.500. The fourth-order valence-electron chi connectivity index (χ4n) is 4.43. The van der Waals surface area contributed by atoms with Gasteiger partial charge in [0.2, 0.25) is 11.9 Å². The molecule has 3 aromatic rings. The van der Waals surface area contributed by atoms with E-state index in [-0.39, 0.29) is 11.9 Å². The zero-order valence-electron chi connectivity index (χ0n) is 18.5. The number of aromatic amines is 2. The van der Waals surface area contributed by atoms with E-state index in [0.717, 1.165) is 72.9 Å². The van der Waals surface area contributed by atoms with Crippen LogP contribution in [0, 0.1) is 0 Å². The van der Waals surface area contributed by atoms with Gasteiger partial charge in [0.25, 0.3) is 0 Å². The summed E-state index contributed by atoms with van der Waals surface area (Å²) in [6, 6.07) is 3.60. The van der Waals surface area contributed by atoms with Gasteiger partial charge in [0.05, 0.1) is 17.9 Å². The lowest BCUT2D eigenvalue weighted by Gasteiger charge is -2.25. The van der Waals surface area contributed by atoms with E-state index in [9.17, 15) is 4.79 Å². The first-order valence-corrected chi connectivity index (χ1v) is 11.3. The van der Waals surface area contributed by atoms with E-state index < -0.39 is 0 Å². The van der Waals surface area contributed by atoms with Crippen LogP contribution < -0.4 is 15.5 Å². The van der Waals surface area contributed by atoms with Gasteiger partial charge in [-0.15, -0.1) is 0 Å². The van der Waals surface area contributed by atoms with Crippen LogP contribution in [0.1, 0.15) is 61.7 Å². The smallest absolute Gasteiger partial charge is 0.243 e. The highest BCUT2D eigenvalue weighted by Crippen LogP contribution is 2.32. The Morgan fingerprint density at radius 3 is 2.94 bits per heavy atom. The van der Waals surface area contributed by atoms with Gasteiger partial charge < -0.3 is 15.5 Å². The van der Waals surface area contributed by atoms with E-state index in [4.69, 9.17) is 9.97 Å². The third-order valence-corrected chi connectivity index (χ3v) is 6.21. The largest absolute Gasteiger partial charge is 0.349 e. The number of aryl methyl sites for hydroxylation is 1. The number of amides is 1. The quantitative estimate of drug-likeness (QED) is 0.449. The van der Waals surface area contributed by atoms with E-state index in [1.807, 2.05) is 17.0 Å². The van der Waals surface area contributed by atoms with E-state index in [2.05, 4.69) is 44.9 Å². The van der Waals surface area contributed by atoms with Crippen LogP contribution in [0.4, 0.5) is 17.6 Å². The molecular formula is C22H29N9O. The molecule has 1 fully saturated rings. The van der Waals surface area contributed by atoms with Crippen molar-refractivity contribution in [2.75, 3.05) is 16.8 Å². The minimum Gasteiger partial charge on any atom is -0.349 e. The molecule has 0 bridgehead atoms. The molecule has 0 radical (unpaired) electrons. The lowest BCUT2D eigenvalue weighted by atomic mass is 10.1. The highest BCUT2D eigenvalue weighted by molar-refractivity contribution is 5.85. The van der Waals surface area contributed by atoms with Crippen molar-refractivity contribution in [1.29, 1.82) is 0 Å². The second-order valence-corrected chi connectivity index (χ2v) is 8.79. The monoisotopic (exact) mass is 435 g/mol. The Bertz CT molecular complexity index is 1090. The predicted molar refractivity (Wildman–Crippen MR) is 121 cm³/mol. The molecule has 10 heteroatoms. The second-order valence-electron chi connectivity index (χ2n) is 8.79. The Hall–Kier alpha value is -3.43. The van der Waals surface area contributed by atoms with Crippen LogP contribution in [0.15, 0.2) is 18.3 Å². The normalized spacial score (nSPS) is 17.7. The molecule has 0 unspecified atom stereocenters. The number of aromatic nitrogens is 6. The summed E-state index contributed by atoms with van der Waals surface area (Å²) in [4.78, 5) is 24.7. The topological polar surface area (TPSA) is 128 Å². The van der Waals surface area contributed by atoms with Crippen molar-refractivity contribution in [3.05, 3.63) is 41.0 Å². The molecule has 0 saturated carbocycles. The number of H-pyrrole nitrogens is 2. The van der Waals surface area contributed by atoms with Crippen LogP contribution in [0.25, 0.3) is 0 Å². The van der Waals surface area contributed by atoms with E-state index >= 15 is 0 Å². The van der Waals surface area contributed by atoms with E-state index in [1.54, 1.807) is 6.20 Å². The minimum atomic E-state index is -0.275. The summed E-state index contributed by atoms with van der Waals surface area (Å²) >= 11 is 0. The van der Waals surface area contributed by atoms with Crippen molar-refractivity contribution in [2.24, 2.45) is 0 Å². The van der Waals surface area contributed by atoms with Crippen molar-refractivity contribution in [1.82, 2.24) is 35.7 Å². The average Bonchev–Trinajstić information content (AvgIpc) is 3.58. The third kappa shape index (κ3) is 4.04. The van der Waals surface area contributed by atoms with Gasteiger partial charge >= 0.3 is 0 Å². The maximum Gasteiger partial charge on any atom is 0.243 e. The molecule has 4 N–H and O–H groups in total. The maximum atomic E-state index is 12.9. The first kappa shape index (κ1) is 20.5. The van der Waals surface area contributed by atoms with Crippen molar-refractivity contribution >= 4 is 23.5 Å². The summed E-state index contributed by atoms with van der Waals surface area (Å²) in [6.45, 7) is 5.45. The molecule has 1 amide bonds. The molecule has 5 rings (SSSR count). The lowest BCUT2D eigenvalue weighted by molar-refractivity contribution is -0.122. The molecule has 0 aromatic carbocycles. The predicted octanol–water partition coefficient (Wildman–Crippen LogP) is 2.56. The van der Waals surface area contributed by atoms with Crippen molar-refractivity contribution in [3.8, 4) is 0 Å². The molecule has 1 aliphatic carbocycles. The van der Waals surface area contributed by atoms with Gasteiger partial charge in [-0.25, -0.2) is 4.98 Å². The SMILES string of the molecule is CC(C)c1cc(Nc2nc(N3CCC[C@H]3C(=O)NCc3ccn[nH]3)nc3c2CCC3)n[nH]1. The number of nitrogens with one attached hydrogen (secondary N) is 4. The van der Waals surface area contributed by atoms with Crippen LogP contribution in [-0.2, 0) is 24.2 Å². The van der Waals surface area contributed by atoms with Crippen LogP contribution >= 0.6 is 0 Å². The molecule has 1 aliphatic heterocycles. The van der Waals surface area contributed by atoms with Gasteiger partial charge in [-0.1, -0.05) is 13.8 Å². The molecule has 1 atom stereocenters. The van der Waals surface area contributed by atoms with Gasteiger partial charge in [0.15, 0.2) is 5.82 Å². The van der Waals surface area contributed by atoms with Crippen LogP contribution in [-0.4, -0.2) is 48.9 Å². The number of carbonyl (C=O) groups is 1. The molecule has 168 valence electrons. The molecule has 0 spiro atoms. The highest BCUT2D eigenvalue weighted by atomic mass is 16.2.